The van der Waals surface area contributed by atoms with Gasteiger partial charge in [0.2, 0.25) is 11.8 Å². The van der Waals surface area contributed by atoms with Gasteiger partial charge in [-0.05, 0) is 49.7 Å². The maximum Gasteiger partial charge on any atom is 0.310 e. The first-order valence-electron chi connectivity index (χ1n) is 15.8. The van der Waals surface area contributed by atoms with Crippen molar-refractivity contribution in [2.24, 2.45) is 23.7 Å². The van der Waals surface area contributed by atoms with E-state index in [1.165, 1.54) is 0 Å². The van der Waals surface area contributed by atoms with Crippen molar-refractivity contribution in [3.63, 3.8) is 0 Å². The number of carbonyl (C=O) groups excluding carboxylic acids is 3. The quantitative estimate of drug-likeness (QED) is 0.179. The number of fused-ring (bicyclic) bond motifs is 2. The van der Waals surface area contributed by atoms with E-state index in [1.54, 1.807) is 32.3 Å². The summed E-state index contributed by atoms with van der Waals surface area (Å²) in [5.74, 6) is -2.23. The van der Waals surface area contributed by atoms with E-state index in [0.717, 1.165) is 36.7 Å². The summed E-state index contributed by atoms with van der Waals surface area (Å²) in [5.41, 5.74) is 1.51. The van der Waals surface area contributed by atoms with Crippen LogP contribution in [0.2, 0.25) is 0 Å². The number of aliphatic hydroxyl groups excluding tert-OH is 1. The maximum absolute atomic E-state index is 14.9. The number of esters is 1. The number of nitrogens with zero attached hydrogens (tertiary/aromatic N) is 5. The van der Waals surface area contributed by atoms with Gasteiger partial charge in [-0.15, -0.1) is 30.0 Å². The number of aromatic nitrogens is 3. The Morgan fingerprint density at radius 3 is 2.75 bits per heavy atom. The monoisotopic (exact) mass is 623 g/mol. The number of amides is 2. The molecule has 8 atom stereocenters. The minimum Gasteiger partial charge on any atom is -0.465 e. The van der Waals surface area contributed by atoms with Crippen LogP contribution in [0.25, 0.3) is 11.0 Å². The number of carbonyl (C=O) groups is 3. The zero-order chi connectivity index (χ0) is 31.6. The van der Waals surface area contributed by atoms with Crippen LogP contribution in [0, 0.1) is 23.7 Å². The number of para-hydroxylation sites is 1. The second-order valence-corrected chi connectivity index (χ2v) is 14.0. The molecule has 5 rings (SSSR count). The molecule has 3 saturated heterocycles. The average molecular weight is 624 g/mol. The first-order valence-corrected chi connectivity index (χ1v) is 16.7. The zero-order valence-electron chi connectivity index (χ0n) is 26.0. The summed E-state index contributed by atoms with van der Waals surface area (Å²) in [6.45, 7) is 14.1. The Bertz CT molecular complexity index is 1400. The smallest absolute Gasteiger partial charge is 0.310 e. The SMILES string of the molecule is C=CCCCCOC(=O)[C@@H]1[C@H]2C(=O)N([C@@H](CO)[C@@H](C)CC)C(C(=O)N(CC=C)Cn3nnc4ccccc43)C23S[C@@H]1CC3C. The van der Waals surface area contributed by atoms with Crippen molar-refractivity contribution in [1.29, 1.82) is 0 Å². The van der Waals surface area contributed by atoms with Gasteiger partial charge in [0.15, 0.2) is 0 Å². The molecule has 0 aliphatic carbocycles. The molecule has 10 nitrogen and oxygen atoms in total. The molecule has 3 unspecified atom stereocenters. The van der Waals surface area contributed by atoms with Crippen LogP contribution in [0.3, 0.4) is 0 Å². The maximum atomic E-state index is 14.9. The molecule has 11 heteroatoms. The molecule has 238 valence electrons. The molecular weight excluding hydrogens is 578 g/mol. The lowest BCUT2D eigenvalue weighted by Crippen LogP contribution is -2.60. The summed E-state index contributed by atoms with van der Waals surface area (Å²) in [5, 5.41) is 19.1. The van der Waals surface area contributed by atoms with Crippen LogP contribution in [0.5, 0.6) is 0 Å². The van der Waals surface area contributed by atoms with E-state index in [2.05, 4.69) is 30.4 Å². The van der Waals surface area contributed by atoms with Crippen LogP contribution >= 0.6 is 11.8 Å². The number of likely N-dealkylation sites (tertiary alicyclic amines) is 1. The third-order valence-electron chi connectivity index (χ3n) is 9.97. The molecule has 1 spiro atoms. The van der Waals surface area contributed by atoms with E-state index in [4.69, 9.17) is 4.74 Å². The first-order chi connectivity index (χ1) is 21.2. The number of thioether (sulfide) groups is 1. The van der Waals surface area contributed by atoms with Gasteiger partial charge in [-0.3, -0.25) is 14.4 Å². The summed E-state index contributed by atoms with van der Waals surface area (Å²) >= 11 is 1.61. The minimum absolute atomic E-state index is 0.00361. The van der Waals surface area contributed by atoms with Crippen molar-refractivity contribution < 1.29 is 24.2 Å². The predicted molar refractivity (Wildman–Crippen MR) is 170 cm³/mol. The van der Waals surface area contributed by atoms with Crippen molar-refractivity contribution in [1.82, 2.24) is 24.8 Å². The van der Waals surface area contributed by atoms with E-state index < -0.39 is 28.7 Å². The number of allylic oxidation sites excluding steroid dienone is 1. The number of hydrogen-bond donors (Lipinski definition) is 1. The summed E-state index contributed by atoms with van der Waals surface area (Å²) in [6, 6.07) is 6.12. The van der Waals surface area contributed by atoms with Crippen molar-refractivity contribution in [2.75, 3.05) is 19.8 Å². The van der Waals surface area contributed by atoms with E-state index in [1.807, 2.05) is 44.2 Å². The fourth-order valence-electron chi connectivity index (χ4n) is 7.57. The first kappa shape index (κ1) is 32.2. The van der Waals surface area contributed by atoms with Crippen LogP contribution in [-0.2, 0) is 25.8 Å². The van der Waals surface area contributed by atoms with Crippen LogP contribution in [-0.4, -0.2) is 89.5 Å². The molecule has 3 fully saturated rings. The van der Waals surface area contributed by atoms with E-state index in [-0.39, 0.29) is 54.7 Å². The largest absolute Gasteiger partial charge is 0.465 e. The number of rotatable bonds is 15. The van der Waals surface area contributed by atoms with Gasteiger partial charge >= 0.3 is 5.97 Å². The Labute approximate surface area is 263 Å². The number of benzene rings is 1. The lowest BCUT2D eigenvalue weighted by Gasteiger charge is -2.43. The molecule has 1 aromatic heterocycles. The molecule has 1 N–H and O–H groups in total. The van der Waals surface area contributed by atoms with Crippen LogP contribution in [0.1, 0.15) is 52.9 Å². The molecule has 3 aliphatic rings. The number of aliphatic hydroxyl groups is 1. The summed E-state index contributed by atoms with van der Waals surface area (Å²) in [4.78, 5) is 46.5. The van der Waals surface area contributed by atoms with Crippen molar-refractivity contribution in [3.8, 4) is 0 Å². The lowest BCUT2D eigenvalue weighted by molar-refractivity contribution is -0.155. The normalized spacial score (nSPS) is 28.6. The van der Waals surface area contributed by atoms with Gasteiger partial charge in [-0.1, -0.05) is 56.7 Å². The fourth-order valence-corrected chi connectivity index (χ4v) is 9.96. The van der Waals surface area contributed by atoms with Gasteiger partial charge in [-0.25, -0.2) is 4.68 Å². The average Bonchev–Trinajstić information content (AvgIpc) is 3.74. The standard InChI is InChI=1S/C33H45N5O5S/c1-6-9-10-13-17-43-32(42)27-26-18-22(5)33(44-26)28(27)30(40)38(25(19-39)21(4)8-3)29(33)31(41)36(16-7-2)20-37-24-15-12-11-14-23(24)34-35-37/h6-7,11-12,14-15,21-22,25-29,39H,1-2,8-10,13,16-20H2,3-5H3/t21-,22?,25-,26+,27-,28-,29?,33?/m0/s1. The molecular formula is C33H45N5O5S. The van der Waals surface area contributed by atoms with Crippen LogP contribution in [0.15, 0.2) is 49.6 Å². The van der Waals surface area contributed by atoms with Crippen molar-refractivity contribution >= 4 is 40.6 Å². The van der Waals surface area contributed by atoms with Gasteiger partial charge in [0.1, 0.15) is 18.2 Å². The number of unbranched alkanes of at least 4 members (excludes halogenated alkanes) is 2. The van der Waals surface area contributed by atoms with Gasteiger partial charge in [0, 0.05) is 11.8 Å². The highest BCUT2D eigenvalue weighted by Gasteiger charge is 2.77. The molecule has 2 bridgehead atoms. The van der Waals surface area contributed by atoms with Gasteiger partial charge in [0.25, 0.3) is 0 Å². The predicted octanol–water partition coefficient (Wildman–Crippen LogP) is 4.05. The molecule has 0 radical (unpaired) electrons. The van der Waals surface area contributed by atoms with Crippen LogP contribution < -0.4 is 0 Å². The molecule has 3 aliphatic heterocycles. The topological polar surface area (TPSA) is 118 Å². The third-order valence-corrected chi connectivity index (χ3v) is 12.0. The lowest BCUT2D eigenvalue weighted by atomic mass is 9.66. The summed E-state index contributed by atoms with van der Waals surface area (Å²) in [6.07, 6.45) is 7.40. The van der Waals surface area contributed by atoms with Gasteiger partial charge < -0.3 is 19.6 Å². The van der Waals surface area contributed by atoms with E-state index in [9.17, 15) is 19.5 Å². The van der Waals surface area contributed by atoms with Gasteiger partial charge in [0.05, 0.1) is 41.4 Å². The Morgan fingerprint density at radius 1 is 1.27 bits per heavy atom. The number of ether oxygens (including phenoxy) is 1. The Morgan fingerprint density at radius 2 is 2.05 bits per heavy atom. The van der Waals surface area contributed by atoms with Gasteiger partial charge in [-0.2, -0.15) is 0 Å². The summed E-state index contributed by atoms with van der Waals surface area (Å²) in [7, 11) is 0. The van der Waals surface area contributed by atoms with Crippen molar-refractivity contribution in [3.05, 3.63) is 49.6 Å². The molecule has 2 aromatic rings. The third kappa shape index (κ3) is 5.36. The minimum atomic E-state index is -0.865. The highest BCUT2D eigenvalue weighted by atomic mass is 32.2. The molecule has 2 amide bonds. The van der Waals surface area contributed by atoms with Crippen LogP contribution in [0.4, 0.5) is 0 Å². The van der Waals surface area contributed by atoms with E-state index >= 15 is 0 Å². The highest BCUT2D eigenvalue weighted by Crippen LogP contribution is 2.69. The second-order valence-electron chi connectivity index (χ2n) is 12.5. The summed E-state index contributed by atoms with van der Waals surface area (Å²) < 4.78 is 6.62. The Kier molecular flexibility index (Phi) is 9.84. The molecule has 4 heterocycles. The van der Waals surface area contributed by atoms with Crippen molar-refractivity contribution in [2.45, 2.75) is 81.6 Å². The molecule has 1 aromatic carbocycles. The Balaban J connectivity index is 1.53. The molecule has 44 heavy (non-hydrogen) atoms. The second kappa shape index (κ2) is 13.4. The molecule has 0 saturated carbocycles. The fraction of sp³-hybridized carbons (Fsp3) is 0.606. The van der Waals surface area contributed by atoms with E-state index in [0.29, 0.717) is 13.0 Å². The zero-order valence-corrected chi connectivity index (χ0v) is 26.8. The highest BCUT2D eigenvalue weighted by molar-refractivity contribution is 8.02. The Hall–Kier alpha value is -3.18. The number of hydrogen-bond acceptors (Lipinski definition) is 8.